The highest BCUT2D eigenvalue weighted by atomic mass is 127. The first-order valence-corrected chi connectivity index (χ1v) is 11.3. The number of morpholine rings is 1. The molecule has 2 heterocycles. The van der Waals surface area contributed by atoms with Gasteiger partial charge >= 0.3 is 0 Å². The average molecular weight is 535 g/mol. The number of aromatic amines is 1. The van der Waals surface area contributed by atoms with Crippen LogP contribution in [0.2, 0.25) is 0 Å². The van der Waals surface area contributed by atoms with Crippen molar-refractivity contribution >= 4 is 50.9 Å². The molecular formula is C19H30IN5O3S. The van der Waals surface area contributed by atoms with Crippen molar-refractivity contribution in [2.24, 2.45) is 4.99 Å². The number of nitrogens with one attached hydrogen (secondary N) is 3. The molecule has 1 aliphatic rings. The van der Waals surface area contributed by atoms with Crippen molar-refractivity contribution in [1.29, 1.82) is 0 Å². The van der Waals surface area contributed by atoms with E-state index < -0.39 is 10.0 Å². The van der Waals surface area contributed by atoms with E-state index in [1.807, 2.05) is 25.3 Å². The fraction of sp³-hybridized carbons (Fsp3) is 0.526. The molecule has 162 valence electrons. The number of ether oxygens (including phenoxy) is 1. The van der Waals surface area contributed by atoms with Gasteiger partial charge < -0.3 is 20.4 Å². The highest BCUT2D eigenvalue weighted by molar-refractivity contribution is 14.0. The number of sulfonamides is 1. The Kier molecular flexibility index (Phi) is 9.66. The van der Waals surface area contributed by atoms with E-state index in [1.54, 1.807) is 0 Å². The van der Waals surface area contributed by atoms with Crippen LogP contribution < -0.4 is 10.6 Å². The van der Waals surface area contributed by atoms with Crippen molar-refractivity contribution < 1.29 is 13.2 Å². The van der Waals surface area contributed by atoms with Gasteiger partial charge in [-0.15, -0.1) is 24.0 Å². The molecule has 0 aliphatic carbocycles. The normalized spacial score (nSPS) is 15.8. The predicted molar refractivity (Wildman–Crippen MR) is 128 cm³/mol. The van der Waals surface area contributed by atoms with E-state index in [0.29, 0.717) is 38.8 Å². The number of aliphatic imine (C=N–C) groups is 1. The Labute approximate surface area is 189 Å². The van der Waals surface area contributed by atoms with Crippen LogP contribution in [-0.4, -0.2) is 75.4 Å². The van der Waals surface area contributed by atoms with Gasteiger partial charge in [0.05, 0.1) is 25.5 Å². The van der Waals surface area contributed by atoms with Gasteiger partial charge in [0.1, 0.15) is 0 Å². The highest BCUT2D eigenvalue weighted by Gasteiger charge is 2.23. The summed E-state index contributed by atoms with van der Waals surface area (Å²) in [6.45, 7) is 5.41. The monoisotopic (exact) mass is 535 g/mol. The number of H-pyrrole nitrogens is 1. The van der Waals surface area contributed by atoms with Crippen molar-refractivity contribution in [1.82, 2.24) is 19.9 Å². The minimum atomic E-state index is -3.29. The molecule has 2 aromatic rings. The lowest BCUT2D eigenvalue weighted by Crippen LogP contribution is -2.42. The Hall–Kier alpha value is -1.37. The summed E-state index contributed by atoms with van der Waals surface area (Å²) in [4.78, 5) is 7.70. The number of hydrogen-bond acceptors (Lipinski definition) is 4. The van der Waals surface area contributed by atoms with Crippen LogP contribution in [0.4, 0.5) is 0 Å². The summed E-state index contributed by atoms with van der Waals surface area (Å²) in [7, 11) is -3.29. The predicted octanol–water partition coefficient (Wildman–Crippen LogP) is 1.55. The molecule has 0 unspecified atom stereocenters. The fourth-order valence-corrected chi connectivity index (χ4v) is 4.51. The topological polar surface area (TPSA) is 98.8 Å². The summed E-state index contributed by atoms with van der Waals surface area (Å²) in [6.07, 6.45) is 2.88. The van der Waals surface area contributed by atoms with E-state index in [4.69, 9.17) is 4.74 Å². The van der Waals surface area contributed by atoms with Crippen molar-refractivity contribution in [3.05, 3.63) is 36.0 Å². The van der Waals surface area contributed by atoms with Crippen LogP contribution in [0.15, 0.2) is 35.5 Å². The summed E-state index contributed by atoms with van der Waals surface area (Å²) >= 11 is 0. The van der Waals surface area contributed by atoms with Crippen LogP contribution in [0.1, 0.15) is 12.5 Å². The Morgan fingerprint density at radius 2 is 2.00 bits per heavy atom. The van der Waals surface area contributed by atoms with E-state index in [1.165, 1.54) is 15.3 Å². The number of aromatic nitrogens is 1. The molecule has 1 fully saturated rings. The van der Waals surface area contributed by atoms with E-state index in [0.717, 1.165) is 18.5 Å². The Bertz CT molecular complexity index is 894. The SMILES string of the molecule is CCNC(=NCCS(=O)(=O)N1CCOCC1)NCCc1c[nH]c2ccccc12.I. The first-order chi connectivity index (χ1) is 13.6. The lowest BCUT2D eigenvalue weighted by molar-refractivity contribution is 0.0731. The summed E-state index contributed by atoms with van der Waals surface area (Å²) in [5, 5.41) is 7.68. The first kappa shape index (κ1) is 23.9. The maximum atomic E-state index is 12.4. The fourth-order valence-electron chi connectivity index (χ4n) is 3.22. The molecular weight excluding hydrogens is 505 g/mol. The molecule has 0 spiro atoms. The van der Waals surface area contributed by atoms with Gasteiger partial charge in [-0.05, 0) is 25.0 Å². The maximum absolute atomic E-state index is 12.4. The smallest absolute Gasteiger partial charge is 0.216 e. The lowest BCUT2D eigenvalue weighted by atomic mass is 10.1. The minimum Gasteiger partial charge on any atom is -0.379 e. The van der Waals surface area contributed by atoms with Gasteiger partial charge in [-0.2, -0.15) is 4.31 Å². The molecule has 0 amide bonds. The second-order valence-electron chi connectivity index (χ2n) is 6.62. The van der Waals surface area contributed by atoms with Gasteiger partial charge in [-0.25, -0.2) is 8.42 Å². The molecule has 3 rings (SSSR count). The van der Waals surface area contributed by atoms with E-state index in [9.17, 15) is 8.42 Å². The van der Waals surface area contributed by atoms with Crippen LogP contribution in [0, 0.1) is 0 Å². The van der Waals surface area contributed by atoms with Gasteiger partial charge in [-0.1, -0.05) is 18.2 Å². The molecule has 3 N–H and O–H groups in total. The van der Waals surface area contributed by atoms with Gasteiger partial charge in [0.2, 0.25) is 10.0 Å². The van der Waals surface area contributed by atoms with Gasteiger partial charge in [-0.3, -0.25) is 4.99 Å². The molecule has 0 bridgehead atoms. The average Bonchev–Trinajstić information content (AvgIpc) is 3.12. The standard InChI is InChI=1S/C19H29N5O3S.HI/c1-2-20-19(22-9-14-28(25,26)24-10-12-27-13-11-24)21-8-7-16-15-23-18-6-4-3-5-17(16)18;/h3-6,15,23H,2,7-14H2,1H3,(H2,20,21,22);1H. The van der Waals surface area contributed by atoms with Crippen molar-refractivity contribution in [3.8, 4) is 0 Å². The van der Waals surface area contributed by atoms with Gasteiger partial charge in [0.15, 0.2) is 5.96 Å². The van der Waals surface area contributed by atoms with E-state index in [2.05, 4.69) is 32.7 Å². The molecule has 1 aliphatic heterocycles. The van der Waals surface area contributed by atoms with Gasteiger partial charge in [0.25, 0.3) is 0 Å². The Morgan fingerprint density at radius 1 is 1.24 bits per heavy atom. The highest BCUT2D eigenvalue weighted by Crippen LogP contribution is 2.17. The molecule has 1 aromatic carbocycles. The lowest BCUT2D eigenvalue weighted by Gasteiger charge is -2.25. The van der Waals surface area contributed by atoms with Crippen molar-refractivity contribution in [2.75, 3.05) is 51.7 Å². The molecule has 1 saturated heterocycles. The molecule has 29 heavy (non-hydrogen) atoms. The van der Waals surface area contributed by atoms with Crippen LogP contribution in [0.25, 0.3) is 10.9 Å². The Morgan fingerprint density at radius 3 is 2.76 bits per heavy atom. The van der Waals surface area contributed by atoms with Crippen LogP contribution >= 0.6 is 24.0 Å². The van der Waals surface area contributed by atoms with E-state index in [-0.39, 0.29) is 36.3 Å². The summed E-state index contributed by atoms with van der Waals surface area (Å²) < 4.78 is 31.5. The number of fused-ring (bicyclic) bond motifs is 1. The second-order valence-corrected chi connectivity index (χ2v) is 8.71. The number of halogens is 1. The van der Waals surface area contributed by atoms with Crippen molar-refractivity contribution in [3.63, 3.8) is 0 Å². The number of hydrogen-bond donors (Lipinski definition) is 3. The third-order valence-electron chi connectivity index (χ3n) is 4.69. The zero-order valence-electron chi connectivity index (χ0n) is 16.7. The molecule has 10 heteroatoms. The van der Waals surface area contributed by atoms with E-state index >= 15 is 0 Å². The molecule has 0 radical (unpaired) electrons. The number of benzene rings is 1. The summed E-state index contributed by atoms with van der Waals surface area (Å²) in [5.74, 6) is 0.644. The van der Waals surface area contributed by atoms with Crippen LogP contribution in [0.5, 0.6) is 0 Å². The Balaban J connectivity index is 0.00000300. The zero-order chi connectivity index (χ0) is 19.8. The minimum absolute atomic E-state index is 0. The number of para-hydroxylation sites is 1. The number of guanidine groups is 1. The second kappa shape index (κ2) is 11.7. The third kappa shape index (κ3) is 6.83. The number of rotatable bonds is 8. The zero-order valence-corrected chi connectivity index (χ0v) is 19.8. The first-order valence-electron chi connectivity index (χ1n) is 9.73. The molecule has 0 saturated carbocycles. The summed E-state index contributed by atoms with van der Waals surface area (Å²) in [6, 6.07) is 8.22. The van der Waals surface area contributed by atoms with Gasteiger partial charge in [0, 0.05) is 43.3 Å². The molecule has 8 nitrogen and oxygen atoms in total. The maximum Gasteiger partial charge on any atom is 0.216 e. The van der Waals surface area contributed by atoms with Crippen LogP contribution in [-0.2, 0) is 21.2 Å². The third-order valence-corrected chi connectivity index (χ3v) is 6.54. The van der Waals surface area contributed by atoms with Crippen LogP contribution in [0.3, 0.4) is 0 Å². The molecule has 0 atom stereocenters. The molecule has 1 aromatic heterocycles. The largest absolute Gasteiger partial charge is 0.379 e. The van der Waals surface area contributed by atoms with Crippen molar-refractivity contribution in [2.45, 2.75) is 13.3 Å². The quantitative estimate of drug-likeness (QED) is 0.271. The number of nitrogens with zero attached hydrogens (tertiary/aromatic N) is 2. The summed E-state index contributed by atoms with van der Waals surface area (Å²) in [5.41, 5.74) is 2.38.